The van der Waals surface area contributed by atoms with Crippen LogP contribution in [0.25, 0.3) is 0 Å². The van der Waals surface area contributed by atoms with Crippen LogP contribution < -0.4 is 15.2 Å². The molecular weight excluding hydrogens is 258 g/mol. The molecule has 1 aromatic carbocycles. The highest BCUT2D eigenvalue weighted by Crippen LogP contribution is 2.34. The first-order valence-electron chi connectivity index (χ1n) is 5.17. The minimum absolute atomic E-state index is 0. The van der Waals surface area contributed by atoms with Gasteiger partial charge in [0.1, 0.15) is 0 Å². The molecule has 0 amide bonds. The van der Waals surface area contributed by atoms with Crippen molar-refractivity contribution in [3.63, 3.8) is 0 Å². The van der Waals surface area contributed by atoms with Gasteiger partial charge in [0.15, 0.2) is 11.5 Å². The Morgan fingerprint density at radius 2 is 1.94 bits per heavy atom. The van der Waals surface area contributed by atoms with E-state index < -0.39 is 6.04 Å². The Morgan fingerprint density at radius 1 is 1.28 bits per heavy atom. The van der Waals surface area contributed by atoms with Crippen LogP contribution in [0.15, 0.2) is 18.2 Å². The van der Waals surface area contributed by atoms with Crippen LogP contribution in [-0.4, -0.2) is 27.3 Å². The second-order valence-corrected chi connectivity index (χ2v) is 3.47. The first-order valence-corrected chi connectivity index (χ1v) is 5.17. The summed E-state index contributed by atoms with van der Waals surface area (Å²) in [5, 5.41) is 0. The number of benzene rings is 1. The number of hydrogen-bond donors (Lipinski definition) is 1. The second-order valence-electron chi connectivity index (χ2n) is 3.47. The van der Waals surface area contributed by atoms with Gasteiger partial charge < -0.3 is 19.9 Å². The SMILES string of the molecule is COC(=O)C[C@@H](N)c1cccc(OC)c1OC.Cl. The Hall–Kier alpha value is -1.46. The Morgan fingerprint density at radius 3 is 2.44 bits per heavy atom. The van der Waals surface area contributed by atoms with E-state index in [-0.39, 0.29) is 24.8 Å². The van der Waals surface area contributed by atoms with Crippen molar-refractivity contribution >= 4 is 18.4 Å². The Balaban J connectivity index is 0.00000289. The van der Waals surface area contributed by atoms with Gasteiger partial charge in [0.05, 0.1) is 27.8 Å². The van der Waals surface area contributed by atoms with Crippen LogP contribution >= 0.6 is 12.4 Å². The highest BCUT2D eigenvalue weighted by Gasteiger charge is 2.18. The van der Waals surface area contributed by atoms with E-state index in [2.05, 4.69) is 4.74 Å². The van der Waals surface area contributed by atoms with Crippen molar-refractivity contribution in [3.05, 3.63) is 23.8 Å². The van der Waals surface area contributed by atoms with E-state index in [0.29, 0.717) is 11.5 Å². The Labute approximate surface area is 113 Å². The van der Waals surface area contributed by atoms with Gasteiger partial charge >= 0.3 is 5.97 Å². The standard InChI is InChI=1S/C12H17NO4.ClH/c1-15-10-6-4-5-8(12(10)17-3)9(13)7-11(14)16-2;/h4-6,9H,7,13H2,1-3H3;1H/t9-;/m1./s1. The van der Waals surface area contributed by atoms with E-state index in [4.69, 9.17) is 15.2 Å². The number of carbonyl (C=O) groups is 1. The summed E-state index contributed by atoms with van der Waals surface area (Å²) in [6.45, 7) is 0. The molecule has 0 saturated carbocycles. The number of esters is 1. The molecule has 0 heterocycles. The molecule has 2 N–H and O–H groups in total. The highest BCUT2D eigenvalue weighted by molar-refractivity contribution is 5.85. The molecule has 0 aliphatic carbocycles. The lowest BCUT2D eigenvalue weighted by molar-refractivity contribution is -0.141. The molecule has 1 rings (SSSR count). The normalized spacial score (nSPS) is 11.1. The summed E-state index contributed by atoms with van der Waals surface area (Å²) in [7, 11) is 4.41. The van der Waals surface area contributed by atoms with Crippen LogP contribution in [0.1, 0.15) is 18.0 Å². The number of carbonyl (C=O) groups excluding carboxylic acids is 1. The summed E-state index contributed by atoms with van der Waals surface area (Å²) in [5.41, 5.74) is 6.65. The van der Waals surface area contributed by atoms with Crippen molar-refractivity contribution in [1.82, 2.24) is 0 Å². The molecule has 5 nitrogen and oxygen atoms in total. The highest BCUT2D eigenvalue weighted by atomic mass is 35.5. The number of hydrogen-bond acceptors (Lipinski definition) is 5. The maximum atomic E-state index is 11.2. The van der Waals surface area contributed by atoms with Crippen molar-refractivity contribution in [1.29, 1.82) is 0 Å². The molecule has 1 atom stereocenters. The third-order valence-corrected chi connectivity index (χ3v) is 2.45. The Kier molecular flexibility index (Phi) is 7.16. The van der Waals surface area contributed by atoms with Gasteiger partial charge in [0, 0.05) is 11.6 Å². The predicted octanol–water partition coefficient (Wildman–Crippen LogP) is 1.69. The van der Waals surface area contributed by atoms with Crippen LogP contribution in [0, 0.1) is 0 Å². The minimum atomic E-state index is -0.479. The zero-order valence-electron chi connectivity index (χ0n) is 10.6. The maximum Gasteiger partial charge on any atom is 0.307 e. The summed E-state index contributed by atoms with van der Waals surface area (Å²) in [5.74, 6) is 0.777. The first kappa shape index (κ1) is 16.5. The summed E-state index contributed by atoms with van der Waals surface area (Å²) >= 11 is 0. The van der Waals surface area contributed by atoms with E-state index in [1.54, 1.807) is 25.3 Å². The molecule has 0 aliphatic rings. The summed E-state index contributed by atoms with van der Waals surface area (Å²) in [6, 6.07) is 4.89. The fraction of sp³-hybridized carbons (Fsp3) is 0.417. The molecule has 0 spiro atoms. The number of para-hydroxylation sites is 1. The van der Waals surface area contributed by atoms with Crippen LogP contribution in [0.4, 0.5) is 0 Å². The zero-order valence-corrected chi connectivity index (χ0v) is 11.5. The summed E-state index contributed by atoms with van der Waals surface area (Å²) in [4.78, 5) is 11.2. The third kappa shape index (κ3) is 3.78. The van der Waals surface area contributed by atoms with Crippen LogP contribution in [0.2, 0.25) is 0 Å². The number of ether oxygens (including phenoxy) is 3. The molecule has 0 bridgehead atoms. The van der Waals surface area contributed by atoms with Gasteiger partial charge in [-0.05, 0) is 6.07 Å². The quantitative estimate of drug-likeness (QED) is 0.828. The lowest BCUT2D eigenvalue weighted by Gasteiger charge is -2.16. The van der Waals surface area contributed by atoms with Crippen molar-refractivity contribution in [2.45, 2.75) is 12.5 Å². The lowest BCUT2D eigenvalue weighted by atomic mass is 10.0. The molecule has 0 aromatic heterocycles. The predicted molar refractivity (Wildman–Crippen MR) is 70.4 cm³/mol. The van der Waals surface area contributed by atoms with Gasteiger partial charge in [-0.1, -0.05) is 12.1 Å². The molecule has 6 heteroatoms. The minimum Gasteiger partial charge on any atom is -0.493 e. The van der Waals surface area contributed by atoms with Crippen molar-refractivity contribution in [2.24, 2.45) is 5.73 Å². The maximum absolute atomic E-state index is 11.2. The molecule has 0 unspecified atom stereocenters. The molecule has 18 heavy (non-hydrogen) atoms. The first-order chi connectivity index (χ1) is 8.13. The van der Waals surface area contributed by atoms with Gasteiger partial charge in [-0.25, -0.2) is 0 Å². The fourth-order valence-corrected chi connectivity index (χ4v) is 1.58. The number of nitrogens with two attached hydrogens (primary N) is 1. The number of rotatable bonds is 5. The van der Waals surface area contributed by atoms with Gasteiger partial charge in [-0.2, -0.15) is 0 Å². The topological polar surface area (TPSA) is 70.8 Å². The van der Waals surface area contributed by atoms with Gasteiger partial charge in [0.2, 0.25) is 0 Å². The fourth-order valence-electron chi connectivity index (χ4n) is 1.58. The van der Waals surface area contributed by atoms with Crippen LogP contribution in [0.3, 0.4) is 0 Å². The van der Waals surface area contributed by atoms with Gasteiger partial charge in [-0.3, -0.25) is 4.79 Å². The summed E-state index contributed by atoms with van der Waals surface area (Å²) in [6.07, 6.45) is 0.0972. The zero-order chi connectivity index (χ0) is 12.8. The largest absolute Gasteiger partial charge is 0.493 e. The summed E-state index contributed by atoms with van der Waals surface area (Å²) < 4.78 is 15.0. The molecule has 0 aliphatic heterocycles. The lowest BCUT2D eigenvalue weighted by Crippen LogP contribution is -2.17. The van der Waals surface area contributed by atoms with E-state index in [0.717, 1.165) is 5.56 Å². The van der Waals surface area contributed by atoms with E-state index in [1.807, 2.05) is 0 Å². The Bertz CT molecular complexity index is 398. The van der Waals surface area contributed by atoms with E-state index >= 15 is 0 Å². The molecule has 0 radical (unpaired) electrons. The molecule has 0 fully saturated rings. The monoisotopic (exact) mass is 275 g/mol. The number of halogens is 1. The number of methoxy groups -OCH3 is 3. The van der Waals surface area contributed by atoms with Crippen molar-refractivity contribution in [2.75, 3.05) is 21.3 Å². The smallest absolute Gasteiger partial charge is 0.307 e. The molecular formula is C12H18ClNO4. The molecule has 0 saturated heterocycles. The van der Waals surface area contributed by atoms with Crippen LogP contribution in [0.5, 0.6) is 11.5 Å². The van der Waals surface area contributed by atoms with E-state index in [1.165, 1.54) is 14.2 Å². The average molecular weight is 276 g/mol. The molecule has 102 valence electrons. The van der Waals surface area contributed by atoms with Gasteiger partial charge in [-0.15, -0.1) is 12.4 Å². The third-order valence-electron chi connectivity index (χ3n) is 2.45. The molecule has 1 aromatic rings. The van der Waals surface area contributed by atoms with E-state index in [9.17, 15) is 4.79 Å². The van der Waals surface area contributed by atoms with Crippen molar-refractivity contribution < 1.29 is 19.0 Å². The van der Waals surface area contributed by atoms with Crippen molar-refractivity contribution in [3.8, 4) is 11.5 Å². The van der Waals surface area contributed by atoms with Crippen LogP contribution in [-0.2, 0) is 9.53 Å². The average Bonchev–Trinajstić information content (AvgIpc) is 2.37. The second kappa shape index (κ2) is 7.79. The van der Waals surface area contributed by atoms with Gasteiger partial charge in [0.25, 0.3) is 0 Å².